The molecule has 0 aliphatic rings. The molecule has 68 valence electrons. The van der Waals surface area contributed by atoms with Gasteiger partial charge in [-0.05, 0) is 12.3 Å². The summed E-state index contributed by atoms with van der Waals surface area (Å²) < 4.78 is 15.7. The summed E-state index contributed by atoms with van der Waals surface area (Å²) in [4.78, 5) is 8.88. The van der Waals surface area contributed by atoms with Gasteiger partial charge < -0.3 is 9.42 Å². The SMILES string of the molecule is CP(=O)(O)O[13CH]([13CH3])[13C]([13CH3])([13CH3])[13CH3]. The molecule has 0 rings (SSSR count). The predicted molar refractivity (Wildman–Crippen MR) is 45.8 cm³/mol. The highest BCUT2D eigenvalue weighted by Crippen LogP contribution is 2.41. The van der Waals surface area contributed by atoms with Crippen molar-refractivity contribution >= 4 is 7.60 Å². The Kier molecular flexibility index (Phi) is 3.30. The van der Waals surface area contributed by atoms with Gasteiger partial charge in [-0.2, -0.15) is 0 Å². The summed E-state index contributed by atoms with van der Waals surface area (Å²) >= 11 is 0. The lowest BCUT2D eigenvalue weighted by Crippen LogP contribution is -2.24. The van der Waals surface area contributed by atoms with Crippen LogP contribution in [0.15, 0.2) is 0 Å². The first kappa shape index (κ1) is 11.2. The summed E-state index contributed by atoms with van der Waals surface area (Å²) in [5.41, 5.74) is -0.0889. The van der Waals surface area contributed by atoms with Gasteiger partial charge in [-0.1, -0.05) is 20.8 Å². The maximum absolute atomic E-state index is 10.8. The lowest BCUT2D eigenvalue weighted by Gasteiger charge is -2.27. The van der Waals surface area contributed by atoms with Gasteiger partial charge in [0.15, 0.2) is 0 Å². The minimum Gasteiger partial charge on any atom is -0.324 e. The second-order valence-corrected chi connectivity index (χ2v) is 5.73. The van der Waals surface area contributed by atoms with Crippen molar-refractivity contribution in [2.75, 3.05) is 6.66 Å². The molecular weight excluding hydrogens is 169 g/mol. The molecule has 0 aromatic heterocycles. The van der Waals surface area contributed by atoms with Crippen LogP contribution in [0.5, 0.6) is 0 Å². The number of rotatable bonds is 2. The summed E-state index contributed by atoms with van der Waals surface area (Å²) in [5.74, 6) is 0. The molecule has 11 heavy (non-hydrogen) atoms. The first-order valence-electron chi connectivity index (χ1n) is 3.61. The maximum atomic E-state index is 10.8. The minimum atomic E-state index is -3.32. The van der Waals surface area contributed by atoms with Crippen molar-refractivity contribution in [3.05, 3.63) is 0 Å². The van der Waals surface area contributed by atoms with Crippen molar-refractivity contribution in [3.63, 3.8) is 0 Å². The molecule has 0 fully saturated rings. The Hall–Kier alpha value is 0.150. The van der Waals surface area contributed by atoms with E-state index in [0.717, 1.165) is 0 Å². The van der Waals surface area contributed by atoms with Gasteiger partial charge in [-0.15, -0.1) is 0 Å². The fourth-order valence-corrected chi connectivity index (χ4v) is 1.35. The fraction of sp³-hybridized carbons (Fsp3) is 1.00. The van der Waals surface area contributed by atoms with Crippen molar-refractivity contribution in [1.29, 1.82) is 0 Å². The van der Waals surface area contributed by atoms with Crippen molar-refractivity contribution in [2.45, 2.75) is 33.8 Å². The average molecular weight is 186 g/mol. The Morgan fingerprint density at radius 3 is 1.91 bits per heavy atom. The van der Waals surface area contributed by atoms with Crippen LogP contribution < -0.4 is 0 Å². The third kappa shape index (κ3) is 5.42. The van der Waals surface area contributed by atoms with E-state index in [4.69, 9.17) is 9.42 Å². The second-order valence-electron chi connectivity index (χ2n) is 3.92. The molecule has 0 saturated carbocycles. The summed E-state index contributed by atoms with van der Waals surface area (Å²) in [5, 5.41) is 0. The topological polar surface area (TPSA) is 46.5 Å². The van der Waals surface area contributed by atoms with Gasteiger partial charge in [0, 0.05) is 6.66 Å². The van der Waals surface area contributed by atoms with Gasteiger partial charge >= 0.3 is 7.60 Å². The third-order valence-electron chi connectivity index (χ3n) is 1.57. The molecule has 0 aliphatic carbocycles. The van der Waals surface area contributed by atoms with E-state index in [-0.39, 0.29) is 11.5 Å². The zero-order valence-corrected chi connectivity index (χ0v) is 8.68. The molecule has 0 spiro atoms. The quantitative estimate of drug-likeness (QED) is 0.531. The summed E-state index contributed by atoms with van der Waals surface area (Å²) in [7, 11) is -3.32. The zero-order chi connectivity index (χ0) is 9.28. The molecule has 2 atom stereocenters. The van der Waals surface area contributed by atoms with Crippen LogP contribution in [-0.4, -0.2) is 17.7 Å². The van der Waals surface area contributed by atoms with Crippen molar-refractivity contribution < 1.29 is 14.0 Å². The van der Waals surface area contributed by atoms with Crippen molar-refractivity contribution in [2.24, 2.45) is 5.41 Å². The largest absolute Gasteiger partial charge is 0.325 e. The molecule has 2 unspecified atom stereocenters. The predicted octanol–water partition coefficient (Wildman–Crippen LogP) is 2.25. The molecule has 0 amide bonds. The second kappa shape index (κ2) is 3.26. The number of hydrogen-bond donors (Lipinski definition) is 1. The van der Waals surface area contributed by atoms with Gasteiger partial charge in [-0.25, -0.2) is 0 Å². The van der Waals surface area contributed by atoms with E-state index in [1.165, 1.54) is 6.66 Å². The maximum Gasteiger partial charge on any atom is 0.325 e. The summed E-state index contributed by atoms with van der Waals surface area (Å²) in [6, 6.07) is 0. The molecule has 0 aromatic carbocycles. The molecule has 1 N–H and O–H groups in total. The van der Waals surface area contributed by atoms with E-state index in [9.17, 15) is 4.57 Å². The summed E-state index contributed by atoms with van der Waals surface area (Å²) in [6.07, 6.45) is -0.205. The van der Waals surface area contributed by atoms with E-state index in [0.29, 0.717) is 0 Å². The molecular formula is C7H17O3P. The first-order valence-corrected chi connectivity index (χ1v) is 5.64. The van der Waals surface area contributed by atoms with E-state index in [1.807, 2.05) is 20.8 Å². The Bertz CT molecular complexity index is 165. The molecule has 0 aliphatic heterocycles. The first-order chi connectivity index (χ1) is 4.63. The van der Waals surface area contributed by atoms with Gasteiger partial charge in [0.25, 0.3) is 0 Å². The molecule has 4 heteroatoms. The van der Waals surface area contributed by atoms with E-state index in [2.05, 4.69) is 0 Å². The fourth-order valence-electron chi connectivity index (χ4n) is 0.451. The van der Waals surface area contributed by atoms with E-state index >= 15 is 0 Å². The zero-order valence-electron chi connectivity index (χ0n) is 7.79. The van der Waals surface area contributed by atoms with Gasteiger partial charge in [0.05, 0.1) is 6.10 Å². The third-order valence-corrected chi connectivity index (χ3v) is 2.28. The van der Waals surface area contributed by atoms with Gasteiger partial charge in [-0.3, -0.25) is 4.57 Å². The van der Waals surface area contributed by atoms with E-state index in [1.54, 1.807) is 6.92 Å². The van der Waals surface area contributed by atoms with Gasteiger partial charge in [0.2, 0.25) is 0 Å². The van der Waals surface area contributed by atoms with Crippen LogP contribution in [0, 0.1) is 5.41 Å². The average Bonchev–Trinajstić information content (AvgIpc) is 1.56. The Morgan fingerprint density at radius 2 is 1.82 bits per heavy atom. The van der Waals surface area contributed by atoms with Crippen LogP contribution in [0.3, 0.4) is 0 Å². The van der Waals surface area contributed by atoms with E-state index < -0.39 is 7.60 Å². The van der Waals surface area contributed by atoms with Crippen LogP contribution in [0.25, 0.3) is 0 Å². The van der Waals surface area contributed by atoms with Crippen LogP contribution in [-0.2, 0) is 9.09 Å². The standard InChI is InChI=1S/C7H17O3P/c1-6(7(2,3)4)10-11(5,8)9/h6H,1-5H3,(H,8,9)/i1+1,2+1,3+1,4+1,6+1,7+1. The molecule has 0 aromatic rings. The molecule has 3 nitrogen and oxygen atoms in total. The Morgan fingerprint density at radius 1 is 1.45 bits per heavy atom. The van der Waals surface area contributed by atoms with Crippen LogP contribution >= 0.6 is 7.60 Å². The molecule has 0 saturated heterocycles. The lowest BCUT2D eigenvalue weighted by molar-refractivity contribution is 0.0915. The molecule has 0 bridgehead atoms. The lowest BCUT2D eigenvalue weighted by atomic mass is 10.9. The molecule has 0 heterocycles. The highest BCUT2D eigenvalue weighted by molar-refractivity contribution is 7.51. The van der Waals surface area contributed by atoms with Crippen LogP contribution in [0.4, 0.5) is 0 Å². The van der Waals surface area contributed by atoms with Crippen molar-refractivity contribution in [1.82, 2.24) is 0 Å². The highest BCUT2D eigenvalue weighted by Gasteiger charge is 2.26. The Balaban J connectivity index is 4.10. The van der Waals surface area contributed by atoms with Crippen molar-refractivity contribution in [3.8, 4) is 0 Å². The van der Waals surface area contributed by atoms with Crippen LogP contribution in [0.2, 0.25) is 0 Å². The molecule has 0 radical (unpaired) electrons. The van der Waals surface area contributed by atoms with Crippen LogP contribution in [0.1, 0.15) is 27.7 Å². The monoisotopic (exact) mass is 186 g/mol. The normalized spacial score (nSPS) is 20.9. The Labute approximate surface area is 68.3 Å². The summed E-state index contributed by atoms with van der Waals surface area (Å²) in [6.45, 7) is 8.90. The highest BCUT2D eigenvalue weighted by atomic mass is 31.2. The minimum absolute atomic E-state index is 0.0889. The van der Waals surface area contributed by atoms with Gasteiger partial charge in [0.1, 0.15) is 0 Å². The smallest absolute Gasteiger partial charge is 0.324 e. The number of hydrogen-bond acceptors (Lipinski definition) is 2.